The standard InChI is InChI=1S/C23H24FN5O3S2/c1-3-28(4-2)34(31,32)18-11-9-16(10-12-18)22(30)25-14-13-17-15-33-23-26-21(27-29(17)23)19-7-5-6-8-20(19)24/h5-12,15H,3-4,13-14H2,1-2H3,(H,25,30). The molecule has 0 aliphatic rings. The normalized spacial score (nSPS) is 11.9. The van der Waals surface area contributed by atoms with Crippen molar-refractivity contribution in [1.82, 2.24) is 24.2 Å². The first-order chi connectivity index (χ1) is 16.3. The lowest BCUT2D eigenvalue weighted by Crippen LogP contribution is -2.30. The Morgan fingerprint density at radius 2 is 1.82 bits per heavy atom. The topological polar surface area (TPSA) is 96.7 Å². The number of nitrogens with one attached hydrogen (secondary N) is 1. The van der Waals surface area contributed by atoms with Crippen molar-refractivity contribution in [2.75, 3.05) is 19.6 Å². The molecule has 0 aliphatic carbocycles. The molecule has 1 N–H and O–H groups in total. The van der Waals surface area contributed by atoms with Crippen LogP contribution in [0.25, 0.3) is 16.3 Å². The lowest BCUT2D eigenvalue weighted by Gasteiger charge is -2.18. The van der Waals surface area contributed by atoms with Gasteiger partial charge in [0, 0.05) is 37.0 Å². The van der Waals surface area contributed by atoms with Gasteiger partial charge in [-0.05, 0) is 36.4 Å². The Balaban J connectivity index is 1.40. The Labute approximate surface area is 201 Å². The number of amides is 1. The van der Waals surface area contributed by atoms with Gasteiger partial charge in [-0.15, -0.1) is 16.4 Å². The molecule has 0 saturated carbocycles. The van der Waals surface area contributed by atoms with Crippen LogP contribution in [0.1, 0.15) is 29.9 Å². The number of hydrogen-bond acceptors (Lipinski definition) is 6. The van der Waals surface area contributed by atoms with Gasteiger partial charge < -0.3 is 5.32 Å². The zero-order valence-corrected chi connectivity index (χ0v) is 20.4. The van der Waals surface area contributed by atoms with Crippen LogP contribution in [-0.4, -0.2) is 52.9 Å². The van der Waals surface area contributed by atoms with Crippen LogP contribution in [0.2, 0.25) is 0 Å². The number of halogens is 1. The van der Waals surface area contributed by atoms with Crippen LogP contribution >= 0.6 is 11.3 Å². The zero-order chi connectivity index (χ0) is 24.3. The van der Waals surface area contributed by atoms with Crippen molar-refractivity contribution in [1.29, 1.82) is 0 Å². The van der Waals surface area contributed by atoms with E-state index in [1.807, 2.05) is 5.38 Å². The molecule has 11 heteroatoms. The predicted molar refractivity (Wildman–Crippen MR) is 129 cm³/mol. The molecule has 2 aromatic carbocycles. The van der Waals surface area contributed by atoms with Crippen molar-refractivity contribution in [2.24, 2.45) is 0 Å². The smallest absolute Gasteiger partial charge is 0.251 e. The summed E-state index contributed by atoms with van der Waals surface area (Å²) in [5.74, 6) is -0.371. The van der Waals surface area contributed by atoms with E-state index < -0.39 is 10.0 Å². The van der Waals surface area contributed by atoms with E-state index in [1.54, 1.807) is 36.6 Å². The molecule has 178 valence electrons. The molecule has 0 atom stereocenters. The Hall–Kier alpha value is -3.15. The highest BCUT2D eigenvalue weighted by atomic mass is 32.2. The van der Waals surface area contributed by atoms with Gasteiger partial charge in [-0.2, -0.15) is 9.29 Å². The van der Waals surface area contributed by atoms with Crippen molar-refractivity contribution in [3.8, 4) is 11.4 Å². The second kappa shape index (κ2) is 10.00. The van der Waals surface area contributed by atoms with Crippen molar-refractivity contribution < 1.29 is 17.6 Å². The summed E-state index contributed by atoms with van der Waals surface area (Å²) < 4.78 is 42.3. The lowest BCUT2D eigenvalue weighted by atomic mass is 10.2. The van der Waals surface area contributed by atoms with E-state index in [1.165, 1.54) is 46.0 Å². The number of hydrogen-bond donors (Lipinski definition) is 1. The highest BCUT2D eigenvalue weighted by molar-refractivity contribution is 7.89. The van der Waals surface area contributed by atoms with Gasteiger partial charge in [0.25, 0.3) is 5.91 Å². The lowest BCUT2D eigenvalue weighted by molar-refractivity contribution is 0.0954. The number of sulfonamides is 1. The van der Waals surface area contributed by atoms with Crippen molar-refractivity contribution >= 4 is 32.2 Å². The molecule has 4 aromatic rings. The molecule has 0 unspecified atom stereocenters. The molecule has 0 bridgehead atoms. The van der Waals surface area contributed by atoms with Crippen LogP contribution in [0.15, 0.2) is 58.8 Å². The maximum Gasteiger partial charge on any atom is 0.251 e. The molecule has 4 rings (SSSR count). The van der Waals surface area contributed by atoms with E-state index in [0.717, 1.165) is 5.69 Å². The van der Waals surface area contributed by atoms with Gasteiger partial charge in [0.15, 0.2) is 5.82 Å². The molecule has 0 radical (unpaired) electrons. The Kier molecular flexibility index (Phi) is 7.05. The minimum absolute atomic E-state index is 0.158. The molecule has 0 fully saturated rings. The van der Waals surface area contributed by atoms with E-state index in [4.69, 9.17) is 0 Å². The first-order valence-corrected chi connectivity index (χ1v) is 13.1. The summed E-state index contributed by atoms with van der Waals surface area (Å²) in [7, 11) is -3.57. The summed E-state index contributed by atoms with van der Waals surface area (Å²) in [6.07, 6.45) is 0.500. The molecule has 0 saturated heterocycles. The quantitative estimate of drug-likeness (QED) is 0.378. The summed E-state index contributed by atoms with van der Waals surface area (Å²) in [5, 5.41) is 9.16. The van der Waals surface area contributed by atoms with Crippen LogP contribution in [0.5, 0.6) is 0 Å². The number of nitrogens with zero attached hydrogens (tertiary/aromatic N) is 4. The number of carbonyl (C=O) groups is 1. The van der Waals surface area contributed by atoms with Crippen LogP contribution in [-0.2, 0) is 16.4 Å². The van der Waals surface area contributed by atoms with E-state index in [-0.39, 0.29) is 16.6 Å². The molecule has 0 spiro atoms. The van der Waals surface area contributed by atoms with Gasteiger partial charge in [-0.25, -0.2) is 17.3 Å². The number of rotatable bonds is 9. The average molecular weight is 502 g/mol. The van der Waals surface area contributed by atoms with Gasteiger partial charge >= 0.3 is 0 Å². The zero-order valence-electron chi connectivity index (χ0n) is 18.7. The van der Waals surface area contributed by atoms with Gasteiger partial charge in [-0.1, -0.05) is 26.0 Å². The highest BCUT2D eigenvalue weighted by Gasteiger charge is 2.21. The molecule has 8 nitrogen and oxygen atoms in total. The monoisotopic (exact) mass is 501 g/mol. The molecular formula is C23H24FN5O3S2. The summed E-state index contributed by atoms with van der Waals surface area (Å²) in [5.41, 5.74) is 1.55. The maximum atomic E-state index is 14.1. The minimum atomic E-state index is -3.57. The predicted octanol–water partition coefficient (Wildman–Crippen LogP) is 3.60. The second-order valence-corrected chi connectivity index (χ2v) is 10.2. The molecular weight excluding hydrogens is 477 g/mol. The van der Waals surface area contributed by atoms with E-state index >= 15 is 0 Å². The van der Waals surface area contributed by atoms with Gasteiger partial charge in [0.05, 0.1) is 16.2 Å². The molecule has 2 heterocycles. The van der Waals surface area contributed by atoms with Gasteiger partial charge in [0.2, 0.25) is 15.0 Å². The summed E-state index contributed by atoms with van der Waals surface area (Å²) in [4.78, 5) is 17.7. The second-order valence-electron chi connectivity index (χ2n) is 7.46. The highest BCUT2D eigenvalue weighted by Crippen LogP contribution is 2.23. The summed E-state index contributed by atoms with van der Waals surface area (Å²) in [6, 6.07) is 12.3. The summed E-state index contributed by atoms with van der Waals surface area (Å²) >= 11 is 1.39. The van der Waals surface area contributed by atoms with E-state index in [9.17, 15) is 17.6 Å². The van der Waals surface area contributed by atoms with E-state index in [0.29, 0.717) is 48.0 Å². The number of aromatic nitrogens is 3. The van der Waals surface area contributed by atoms with Crippen LogP contribution in [0, 0.1) is 5.82 Å². The Bertz CT molecular complexity index is 1410. The van der Waals surface area contributed by atoms with Crippen molar-refractivity contribution in [3.05, 3.63) is 71.0 Å². The van der Waals surface area contributed by atoms with Gasteiger partial charge in [-0.3, -0.25) is 4.79 Å². The molecule has 0 aliphatic heterocycles. The van der Waals surface area contributed by atoms with E-state index in [2.05, 4.69) is 15.4 Å². The largest absolute Gasteiger partial charge is 0.352 e. The third-order valence-electron chi connectivity index (χ3n) is 5.39. The first-order valence-electron chi connectivity index (χ1n) is 10.8. The number of carbonyl (C=O) groups excluding carboxylic acids is 1. The Morgan fingerprint density at radius 3 is 2.50 bits per heavy atom. The van der Waals surface area contributed by atoms with Crippen LogP contribution < -0.4 is 5.32 Å². The molecule has 2 aromatic heterocycles. The van der Waals surface area contributed by atoms with Crippen molar-refractivity contribution in [3.63, 3.8) is 0 Å². The molecule has 34 heavy (non-hydrogen) atoms. The Morgan fingerprint density at radius 1 is 1.12 bits per heavy atom. The fourth-order valence-corrected chi connectivity index (χ4v) is 5.86. The SMILES string of the molecule is CCN(CC)S(=O)(=O)c1ccc(C(=O)NCCc2csc3nc(-c4ccccc4F)nn23)cc1. The van der Waals surface area contributed by atoms with Gasteiger partial charge in [0.1, 0.15) is 5.82 Å². The van der Waals surface area contributed by atoms with Crippen molar-refractivity contribution in [2.45, 2.75) is 25.2 Å². The van der Waals surface area contributed by atoms with Crippen LogP contribution in [0.4, 0.5) is 4.39 Å². The average Bonchev–Trinajstić information content (AvgIpc) is 3.41. The third kappa shape index (κ3) is 4.72. The fourth-order valence-electron chi connectivity index (χ4n) is 3.55. The maximum absolute atomic E-state index is 14.1. The number of thiazole rings is 1. The summed E-state index contributed by atoms with van der Waals surface area (Å²) in [6.45, 7) is 4.67. The third-order valence-corrected chi connectivity index (χ3v) is 8.32. The first kappa shape index (κ1) is 24.0. The molecule has 1 amide bonds. The number of fused-ring (bicyclic) bond motifs is 1. The number of benzene rings is 2. The fraction of sp³-hybridized carbons (Fsp3) is 0.261. The van der Waals surface area contributed by atoms with Crippen LogP contribution in [0.3, 0.4) is 0 Å². The minimum Gasteiger partial charge on any atom is -0.352 e.